The summed E-state index contributed by atoms with van der Waals surface area (Å²) in [6, 6.07) is 1.88. The number of aryl methyl sites for hydroxylation is 1. The van der Waals surface area contributed by atoms with Crippen LogP contribution in [0.2, 0.25) is 0 Å². The van der Waals surface area contributed by atoms with Gasteiger partial charge in [0.2, 0.25) is 11.9 Å². The van der Waals surface area contributed by atoms with Crippen molar-refractivity contribution in [3.05, 3.63) is 28.3 Å². The SMILES string of the molecule is COc1c2c(c(O)c3c4c(c(C)cc13)C1OC3(C(OC)OC5CC(C)(OC(C)=O)C(OC6CC(C)(O)C(OC(C)=O)C(C)O6)C(C)O5)OC1[C@@](OC)(O4)[C@@]31CO1)C(=O)CCC2. The van der Waals surface area contributed by atoms with Gasteiger partial charge in [-0.05, 0) is 59.1 Å². The van der Waals surface area contributed by atoms with Gasteiger partial charge in [-0.25, -0.2) is 0 Å². The number of ether oxygens (including phenoxy) is 13. The normalized spacial score (nSPS) is 41.2. The lowest BCUT2D eigenvalue weighted by Crippen LogP contribution is -2.70. The second-order valence-corrected chi connectivity index (χ2v) is 17.7. The van der Waals surface area contributed by atoms with Crippen molar-refractivity contribution in [2.24, 2.45) is 0 Å². The average molecular weight is 859 g/mol. The Morgan fingerprint density at radius 3 is 2.30 bits per heavy atom. The van der Waals surface area contributed by atoms with Gasteiger partial charge in [0.1, 0.15) is 40.7 Å². The number of ketones is 1. The van der Waals surface area contributed by atoms with Gasteiger partial charge >= 0.3 is 11.9 Å². The monoisotopic (exact) mass is 858 g/mol. The average Bonchev–Trinajstić information content (AvgIpc) is 3.84. The molecule has 1 spiro atoms. The molecule has 2 aromatic carbocycles. The van der Waals surface area contributed by atoms with E-state index < -0.39 is 95.8 Å². The van der Waals surface area contributed by atoms with Crippen LogP contribution in [-0.4, -0.2) is 134 Å². The Labute approximate surface area is 352 Å². The molecule has 6 aliphatic heterocycles. The second kappa shape index (κ2) is 14.4. The number of carbonyl (C=O) groups is 3. The van der Waals surface area contributed by atoms with Crippen LogP contribution in [0.15, 0.2) is 6.07 Å². The van der Waals surface area contributed by atoms with Crippen molar-refractivity contribution >= 4 is 28.5 Å². The van der Waals surface area contributed by atoms with E-state index in [0.29, 0.717) is 41.5 Å². The first kappa shape index (κ1) is 42.6. The second-order valence-electron chi connectivity index (χ2n) is 17.7. The van der Waals surface area contributed by atoms with E-state index in [4.69, 9.17) is 61.6 Å². The highest BCUT2D eigenvalue weighted by atomic mass is 16.9. The third-order valence-electron chi connectivity index (χ3n) is 13.5. The maximum absolute atomic E-state index is 13.3. The minimum Gasteiger partial charge on any atom is -0.506 e. The Morgan fingerprint density at radius 2 is 1.67 bits per heavy atom. The van der Waals surface area contributed by atoms with Gasteiger partial charge < -0.3 is 71.8 Å². The number of benzene rings is 2. The maximum atomic E-state index is 13.3. The van der Waals surface area contributed by atoms with E-state index in [1.54, 1.807) is 27.9 Å². The topological polar surface area (TPSA) is 215 Å². The predicted octanol–water partition coefficient (Wildman–Crippen LogP) is 3.70. The van der Waals surface area contributed by atoms with Gasteiger partial charge in [0.25, 0.3) is 11.6 Å². The number of carbonyl (C=O) groups excluding carboxylic acids is 3. The van der Waals surface area contributed by atoms with Gasteiger partial charge in [0.15, 0.2) is 30.6 Å². The lowest BCUT2D eigenvalue weighted by Gasteiger charge is -2.51. The largest absolute Gasteiger partial charge is 0.506 e. The van der Waals surface area contributed by atoms with Gasteiger partial charge in [-0.3, -0.25) is 14.4 Å². The Hall–Kier alpha value is -3.69. The van der Waals surface area contributed by atoms with E-state index >= 15 is 0 Å². The molecule has 6 heterocycles. The van der Waals surface area contributed by atoms with Crippen molar-refractivity contribution < 1.29 is 86.2 Å². The number of hydrogen-bond donors (Lipinski definition) is 2. The molecule has 0 aromatic heterocycles. The van der Waals surface area contributed by atoms with Crippen molar-refractivity contribution in [1.29, 1.82) is 0 Å². The highest BCUT2D eigenvalue weighted by molar-refractivity contribution is 6.11. The third kappa shape index (κ3) is 6.00. The van der Waals surface area contributed by atoms with E-state index in [0.717, 1.165) is 5.56 Å². The molecule has 0 amide bonds. The molecule has 18 heteroatoms. The number of phenolic OH excluding ortho intramolecular Hbond substituents is 1. The molecule has 334 valence electrons. The Morgan fingerprint density at radius 1 is 0.967 bits per heavy atom. The van der Waals surface area contributed by atoms with Crippen molar-refractivity contribution in [2.75, 3.05) is 27.9 Å². The number of epoxide rings is 1. The van der Waals surface area contributed by atoms with Crippen LogP contribution in [0.4, 0.5) is 0 Å². The van der Waals surface area contributed by atoms with Crippen molar-refractivity contribution in [2.45, 2.75) is 164 Å². The highest BCUT2D eigenvalue weighted by Crippen LogP contribution is 2.72. The van der Waals surface area contributed by atoms with Crippen molar-refractivity contribution in [1.82, 2.24) is 0 Å². The van der Waals surface area contributed by atoms with E-state index in [1.807, 2.05) is 13.0 Å². The molecule has 7 aliphatic rings. The number of aliphatic hydroxyl groups is 1. The van der Waals surface area contributed by atoms with E-state index in [2.05, 4.69) is 0 Å². The Balaban J connectivity index is 1.03. The first-order valence-electron chi connectivity index (χ1n) is 20.7. The summed E-state index contributed by atoms with van der Waals surface area (Å²) in [7, 11) is 4.43. The minimum atomic E-state index is -1.80. The van der Waals surface area contributed by atoms with Gasteiger partial charge in [-0.1, -0.05) is 0 Å². The summed E-state index contributed by atoms with van der Waals surface area (Å²) in [4.78, 5) is 37.7. The van der Waals surface area contributed by atoms with Gasteiger partial charge in [-0.2, -0.15) is 0 Å². The maximum Gasteiger partial charge on any atom is 0.303 e. The first-order chi connectivity index (χ1) is 28.8. The number of Topliss-reactive ketones (excluding diaryl/α,β-unsaturated/α-hetero) is 1. The van der Waals surface area contributed by atoms with Crippen LogP contribution in [0.1, 0.15) is 100 Å². The number of methoxy groups -OCH3 is 3. The van der Waals surface area contributed by atoms with Crippen molar-refractivity contribution in [3.63, 3.8) is 0 Å². The quantitative estimate of drug-likeness (QED) is 0.198. The molecular weight excluding hydrogens is 804 g/mol. The molecular formula is C43H54O18. The molecule has 0 radical (unpaired) electrons. The number of fused-ring (bicyclic) bond motifs is 8. The smallest absolute Gasteiger partial charge is 0.303 e. The van der Waals surface area contributed by atoms with Crippen molar-refractivity contribution in [3.8, 4) is 17.2 Å². The summed E-state index contributed by atoms with van der Waals surface area (Å²) < 4.78 is 82.1. The van der Waals surface area contributed by atoms with E-state index in [-0.39, 0.29) is 47.7 Å². The van der Waals surface area contributed by atoms with Crippen LogP contribution in [0.5, 0.6) is 17.2 Å². The molecule has 18 nitrogen and oxygen atoms in total. The Bertz CT molecular complexity index is 2170. The first-order valence-corrected chi connectivity index (χ1v) is 20.7. The van der Waals surface area contributed by atoms with E-state index in [9.17, 15) is 24.6 Å². The highest BCUT2D eigenvalue weighted by Gasteiger charge is 2.93. The van der Waals surface area contributed by atoms with Crippen LogP contribution in [-0.2, 0) is 68.1 Å². The molecule has 14 atom stereocenters. The lowest BCUT2D eigenvalue weighted by atomic mass is 9.78. The molecule has 2 N–H and O–H groups in total. The zero-order valence-corrected chi connectivity index (χ0v) is 35.9. The fraction of sp³-hybridized carbons (Fsp3) is 0.698. The summed E-state index contributed by atoms with van der Waals surface area (Å²) in [5.74, 6) is -4.23. The fourth-order valence-corrected chi connectivity index (χ4v) is 11.1. The fourth-order valence-electron chi connectivity index (χ4n) is 11.1. The zero-order valence-electron chi connectivity index (χ0n) is 35.9. The number of phenols is 1. The summed E-state index contributed by atoms with van der Waals surface area (Å²) in [5.41, 5.74) is -2.14. The molecule has 2 bridgehead atoms. The number of aromatic hydroxyl groups is 1. The summed E-state index contributed by atoms with van der Waals surface area (Å²) in [6.07, 6.45) is -7.21. The van der Waals surface area contributed by atoms with E-state index in [1.165, 1.54) is 35.0 Å². The van der Waals surface area contributed by atoms with Crippen LogP contribution in [0.3, 0.4) is 0 Å². The molecule has 61 heavy (non-hydrogen) atoms. The van der Waals surface area contributed by atoms with Crippen LogP contribution in [0.25, 0.3) is 10.8 Å². The van der Waals surface area contributed by atoms with Gasteiger partial charge in [0.05, 0.1) is 36.9 Å². The molecule has 1 aliphatic carbocycles. The molecule has 0 saturated carbocycles. The number of esters is 2. The summed E-state index contributed by atoms with van der Waals surface area (Å²) in [6.45, 7) is 11.1. The molecule has 12 unspecified atom stereocenters. The number of rotatable bonds is 10. The zero-order chi connectivity index (χ0) is 43.8. The standard InChI is InChI=1S/C43H54O18/c1-18-14-24-30(31(47)29-23(32(24)49-8)12-11-13-25(29)46)33-28(18)34-37-42(51-10,59-33)41(17-52-41)43(60-34,61-37)38(50-9)57-27-16-40(7,58-22(5)45)36(20(3)54-27)56-26-15-39(6,48)35(19(2)53-26)55-21(4)44/h14,19-20,26-27,34-38,47-48H,11-13,15-17H2,1-10H3/t19?,20?,26?,27?,34?,35?,36?,37?,38?,39?,40?,41-,42+,43?/m0/s1. The predicted molar refractivity (Wildman–Crippen MR) is 206 cm³/mol. The van der Waals surface area contributed by atoms with Crippen LogP contribution >= 0.6 is 0 Å². The van der Waals surface area contributed by atoms with Gasteiger partial charge in [0, 0.05) is 63.8 Å². The minimum absolute atomic E-state index is 0.0421. The number of hydrogen-bond acceptors (Lipinski definition) is 18. The third-order valence-corrected chi connectivity index (χ3v) is 13.5. The summed E-state index contributed by atoms with van der Waals surface area (Å²) >= 11 is 0. The molecule has 5 fully saturated rings. The molecule has 2 aromatic rings. The Kier molecular flexibility index (Phi) is 10.1. The van der Waals surface area contributed by atoms with Crippen LogP contribution in [0, 0.1) is 6.92 Å². The van der Waals surface area contributed by atoms with Gasteiger partial charge in [-0.15, -0.1) is 0 Å². The summed E-state index contributed by atoms with van der Waals surface area (Å²) in [5, 5.41) is 24.1. The molecule has 5 saturated heterocycles. The molecule has 9 rings (SSSR count). The lowest BCUT2D eigenvalue weighted by molar-refractivity contribution is -0.396. The van der Waals surface area contributed by atoms with Crippen LogP contribution < -0.4 is 9.47 Å².